The second-order valence-electron chi connectivity index (χ2n) is 12.0. The second kappa shape index (κ2) is 17.8. The minimum Gasteiger partial charge on any atom is -0.493 e. The van der Waals surface area contributed by atoms with Crippen LogP contribution in [0.3, 0.4) is 0 Å². The first-order chi connectivity index (χ1) is 22.2. The van der Waals surface area contributed by atoms with Gasteiger partial charge in [0.05, 0.1) is 44.4 Å². The van der Waals surface area contributed by atoms with E-state index in [9.17, 15) is 25.2 Å². The van der Waals surface area contributed by atoms with Gasteiger partial charge in [0.25, 0.3) is 0 Å². The number of piperidine rings is 1. The molecule has 3 heterocycles. The summed E-state index contributed by atoms with van der Waals surface area (Å²) in [6, 6.07) is 3.81. The first-order valence-electron chi connectivity index (χ1n) is 16.1. The Bertz CT molecular complexity index is 1200. The quantitative estimate of drug-likeness (QED) is 0.118. The molecule has 2 fully saturated rings. The molecule has 0 spiro atoms. The molecule has 0 bridgehead atoms. The van der Waals surface area contributed by atoms with Crippen molar-refractivity contribution in [2.24, 2.45) is 5.92 Å². The smallest absolute Gasteiger partial charge is 0.225 e. The lowest BCUT2D eigenvalue weighted by Crippen LogP contribution is -2.54. The van der Waals surface area contributed by atoms with Crippen molar-refractivity contribution < 1.29 is 44.2 Å². The minimum atomic E-state index is -1.69. The number of piperazine rings is 1. The van der Waals surface area contributed by atoms with E-state index in [4.69, 9.17) is 14.6 Å². The Morgan fingerprint density at radius 1 is 0.957 bits per heavy atom. The van der Waals surface area contributed by atoms with E-state index < -0.39 is 42.9 Å². The Morgan fingerprint density at radius 3 is 2.24 bits per heavy atom. The number of aldehydes is 1. The maximum atomic E-state index is 15.2. The molecule has 0 aliphatic carbocycles. The van der Waals surface area contributed by atoms with E-state index in [1.54, 1.807) is 24.5 Å². The summed E-state index contributed by atoms with van der Waals surface area (Å²) in [5, 5.41) is 48.6. The number of carbonyl (C=O) groups is 1. The molecule has 4 rings (SSSR count). The maximum absolute atomic E-state index is 15.2. The van der Waals surface area contributed by atoms with Crippen molar-refractivity contribution in [3.05, 3.63) is 42.0 Å². The number of rotatable bonds is 17. The van der Waals surface area contributed by atoms with E-state index in [-0.39, 0.29) is 12.1 Å². The highest BCUT2D eigenvalue weighted by Gasteiger charge is 2.33. The molecule has 2 aliphatic rings. The van der Waals surface area contributed by atoms with Crippen molar-refractivity contribution in [3.63, 3.8) is 0 Å². The monoisotopic (exact) mass is 649 g/mol. The Balaban J connectivity index is 1.17. The standard InChI is InChI=1S/C32H48FN5O8/c1-2-45-24-17-34-32(35-18-24)38-9-7-22(8-10-38)4-3-15-46-23-5-6-25(26(33)16-23)27(20-39)37-13-11-36(12-14-37)19-28(41)30(43)31(44)29(42)21-40/h5-6,16-18,20,22,27-31,40-44H,2-4,7-15,19,21H2,1H3/t27?,28-,29+,30+,31+/m0/s1. The Morgan fingerprint density at radius 2 is 1.63 bits per heavy atom. The predicted octanol–water partition coefficient (Wildman–Crippen LogP) is 0.384. The summed E-state index contributed by atoms with van der Waals surface area (Å²) in [6.45, 7) is 5.73. The molecule has 256 valence electrons. The van der Waals surface area contributed by atoms with Crippen LogP contribution in [0.5, 0.6) is 11.5 Å². The number of aliphatic hydroxyl groups is 5. The Labute approximate surface area is 269 Å². The van der Waals surface area contributed by atoms with E-state index in [2.05, 4.69) is 14.9 Å². The van der Waals surface area contributed by atoms with Crippen LogP contribution in [-0.2, 0) is 4.79 Å². The van der Waals surface area contributed by atoms with Crippen LogP contribution in [0.15, 0.2) is 30.6 Å². The lowest BCUT2D eigenvalue weighted by molar-refractivity contribution is -0.122. The molecule has 0 saturated carbocycles. The highest BCUT2D eigenvalue weighted by Crippen LogP contribution is 2.28. The molecule has 0 amide bonds. The number of halogens is 1. The number of hydrogen-bond acceptors (Lipinski definition) is 13. The van der Waals surface area contributed by atoms with Crippen molar-refractivity contribution in [1.29, 1.82) is 0 Å². The highest BCUT2D eigenvalue weighted by atomic mass is 19.1. The lowest BCUT2D eigenvalue weighted by Gasteiger charge is -2.39. The van der Waals surface area contributed by atoms with Crippen molar-refractivity contribution in [3.8, 4) is 11.5 Å². The van der Waals surface area contributed by atoms with Crippen LogP contribution >= 0.6 is 0 Å². The number of anilines is 1. The third-order valence-electron chi connectivity index (χ3n) is 8.84. The fourth-order valence-electron chi connectivity index (χ4n) is 6.05. The van der Waals surface area contributed by atoms with Crippen LogP contribution in [0, 0.1) is 11.7 Å². The molecular weight excluding hydrogens is 601 g/mol. The first-order valence-corrected chi connectivity index (χ1v) is 16.1. The third kappa shape index (κ3) is 9.77. The maximum Gasteiger partial charge on any atom is 0.225 e. The van der Waals surface area contributed by atoms with Crippen LogP contribution in [-0.4, -0.2) is 142 Å². The van der Waals surface area contributed by atoms with Crippen molar-refractivity contribution in [2.45, 2.75) is 63.1 Å². The molecule has 14 heteroatoms. The van der Waals surface area contributed by atoms with E-state index in [1.165, 1.54) is 6.07 Å². The molecule has 2 saturated heterocycles. The van der Waals surface area contributed by atoms with E-state index >= 15 is 4.39 Å². The molecule has 5 N–H and O–H groups in total. The molecule has 2 aliphatic heterocycles. The summed E-state index contributed by atoms with van der Waals surface area (Å²) in [7, 11) is 0. The largest absolute Gasteiger partial charge is 0.493 e. The zero-order valence-corrected chi connectivity index (χ0v) is 26.4. The van der Waals surface area contributed by atoms with Crippen LogP contribution in [0.2, 0.25) is 0 Å². The van der Waals surface area contributed by atoms with E-state index in [0.29, 0.717) is 63.1 Å². The highest BCUT2D eigenvalue weighted by molar-refractivity contribution is 5.62. The average molecular weight is 650 g/mol. The number of ether oxygens (including phenoxy) is 2. The Kier molecular flexibility index (Phi) is 13.9. The first kappa shape index (κ1) is 35.9. The number of benzene rings is 1. The molecule has 13 nitrogen and oxygen atoms in total. The van der Waals surface area contributed by atoms with Gasteiger partial charge in [-0.25, -0.2) is 14.4 Å². The minimum absolute atomic E-state index is 0.0221. The fraction of sp³-hybridized carbons (Fsp3) is 0.656. The van der Waals surface area contributed by atoms with Crippen molar-refractivity contribution in [1.82, 2.24) is 19.8 Å². The number of nitrogens with zero attached hydrogens (tertiary/aromatic N) is 5. The van der Waals surface area contributed by atoms with Gasteiger partial charge in [-0.2, -0.15) is 0 Å². The van der Waals surface area contributed by atoms with Gasteiger partial charge in [0.1, 0.15) is 36.2 Å². The summed E-state index contributed by atoms with van der Waals surface area (Å²) in [6.07, 6.45) is 1.83. The van der Waals surface area contributed by atoms with E-state index in [1.807, 2.05) is 16.7 Å². The van der Waals surface area contributed by atoms with Crippen LogP contribution in [0.25, 0.3) is 0 Å². The number of aliphatic hydroxyl groups excluding tert-OH is 5. The third-order valence-corrected chi connectivity index (χ3v) is 8.84. The molecular formula is C32H48FN5O8. The molecule has 1 aromatic carbocycles. The molecule has 1 aromatic heterocycles. The van der Waals surface area contributed by atoms with Crippen LogP contribution < -0.4 is 14.4 Å². The van der Waals surface area contributed by atoms with E-state index in [0.717, 1.165) is 44.7 Å². The van der Waals surface area contributed by atoms with Gasteiger partial charge >= 0.3 is 0 Å². The van der Waals surface area contributed by atoms with Crippen LogP contribution in [0.1, 0.15) is 44.2 Å². The van der Waals surface area contributed by atoms with Crippen molar-refractivity contribution >= 4 is 12.2 Å². The topological polar surface area (TPSA) is 172 Å². The lowest BCUT2D eigenvalue weighted by atomic mass is 9.92. The second-order valence-corrected chi connectivity index (χ2v) is 12.0. The molecule has 0 radical (unpaired) electrons. The number of β-amino-alcohol motifs (C(OH)–C–C–N with tert-alkyl or cyclic N) is 1. The average Bonchev–Trinajstić information content (AvgIpc) is 3.08. The zero-order valence-electron chi connectivity index (χ0n) is 26.4. The van der Waals surface area contributed by atoms with Gasteiger partial charge in [-0.05, 0) is 44.6 Å². The Hall–Kier alpha value is -2.98. The summed E-state index contributed by atoms with van der Waals surface area (Å²) >= 11 is 0. The summed E-state index contributed by atoms with van der Waals surface area (Å²) in [4.78, 5) is 26.8. The molecule has 5 atom stereocenters. The van der Waals surface area contributed by atoms with Crippen molar-refractivity contribution in [2.75, 3.05) is 70.5 Å². The zero-order chi connectivity index (χ0) is 33.1. The fourth-order valence-corrected chi connectivity index (χ4v) is 6.05. The van der Waals surface area contributed by atoms with Gasteiger partial charge in [0, 0.05) is 57.4 Å². The number of aromatic nitrogens is 2. The van der Waals surface area contributed by atoms with Gasteiger partial charge in [-0.1, -0.05) is 6.07 Å². The van der Waals surface area contributed by atoms with Gasteiger partial charge in [-0.3, -0.25) is 9.80 Å². The van der Waals surface area contributed by atoms with Crippen LogP contribution in [0.4, 0.5) is 10.3 Å². The number of hydrogen-bond donors (Lipinski definition) is 5. The summed E-state index contributed by atoms with van der Waals surface area (Å²) < 4.78 is 26.4. The molecule has 2 aromatic rings. The summed E-state index contributed by atoms with van der Waals surface area (Å²) in [5.41, 5.74) is 0.260. The molecule has 46 heavy (non-hydrogen) atoms. The SMILES string of the molecule is CCOc1cnc(N2CCC(CCCOc3ccc(C(C=O)N4CCN(C[C@H](O)[C@@H](O)[C@H](O)[C@H](O)CO)CC4)c(F)c3)CC2)nc1. The normalized spacial score (nSPS) is 20.1. The summed E-state index contributed by atoms with van der Waals surface area (Å²) in [5.74, 6) is 1.87. The van der Waals surface area contributed by atoms with Gasteiger partial charge in [0.2, 0.25) is 5.95 Å². The number of carbonyl (C=O) groups excluding carboxylic acids is 1. The van der Waals surface area contributed by atoms with Gasteiger partial charge in [0.15, 0.2) is 5.75 Å². The van der Waals surface area contributed by atoms with Gasteiger partial charge < -0.3 is 44.7 Å². The predicted molar refractivity (Wildman–Crippen MR) is 167 cm³/mol. The van der Waals surface area contributed by atoms with Gasteiger partial charge in [-0.15, -0.1) is 0 Å². The molecule has 1 unspecified atom stereocenters.